The first-order valence-corrected chi connectivity index (χ1v) is 7.15. The van der Waals surface area contributed by atoms with Crippen molar-refractivity contribution >= 4 is 23.2 Å². The molecule has 0 saturated carbocycles. The molecule has 3 heterocycles. The van der Waals surface area contributed by atoms with E-state index in [0.29, 0.717) is 6.54 Å². The van der Waals surface area contributed by atoms with Gasteiger partial charge in [0.25, 0.3) is 5.91 Å². The summed E-state index contributed by atoms with van der Waals surface area (Å²) in [5, 5.41) is 10.9. The molecule has 5 nitrogen and oxygen atoms in total. The van der Waals surface area contributed by atoms with Crippen molar-refractivity contribution in [2.45, 2.75) is 19.4 Å². The summed E-state index contributed by atoms with van der Waals surface area (Å²) in [6, 6.07) is 3.30. The second-order valence-electron chi connectivity index (χ2n) is 4.73. The molecule has 1 N–H and O–H groups in total. The number of fused-ring (bicyclic) bond motifs is 1. The highest BCUT2D eigenvalue weighted by molar-refractivity contribution is 7.10. The highest BCUT2D eigenvalue weighted by Gasteiger charge is 2.30. The molecule has 6 heteroatoms. The van der Waals surface area contributed by atoms with Crippen molar-refractivity contribution in [3.63, 3.8) is 0 Å². The smallest absolute Gasteiger partial charge is 0.338 e. The van der Waals surface area contributed by atoms with Gasteiger partial charge in [0, 0.05) is 17.5 Å². The number of rotatable bonds is 2. The number of hydrogen-bond donors (Lipinski definition) is 1. The monoisotopic (exact) mass is 291 g/mol. The van der Waals surface area contributed by atoms with Crippen molar-refractivity contribution in [1.29, 1.82) is 0 Å². The van der Waals surface area contributed by atoms with Crippen LogP contribution in [-0.2, 0) is 6.42 Å². The molecule has 3 rings (SSSR count). The maximum Gasteiger partial charge on any atom is 0.338 e. The van der Waals surface area contributed by atoms with Gasteiger partial charge in [-0.3, -0.25) is 4.79 Å². The van der Waals surface area contributed by atoms with Crippen LogP contribution >= 0.6 is 11.3 Å². The van der Waals surface area contributed by atoms with E-state index in [-0.39, 0.29) is 23.3 Å². The van der Waals surface area contributed by atoms with Crippen molar-refractivity contribution in [1.82, 2.24) is 4.90 Å². The lowest BCUT2D eigenvalue weighted by Gasteiger charge is -2.32. The van der Waals surface area contributed by atoms with Crippen LogP contribution in [0.3, 0.4) is 0 Å². The molecule has 0 spiro atoms. The summed E-state index contributed by atoms with van der Waals surface area (Å²) in [7, 11) is 0. The third-order valence-electron chi connectivity index (χ3n) is 3.60. The zero-order valence-corrected chi connectivity index (χ0v) is 11.6. The van der Waals surface area contributed by atoms with Gasteiger partial charge < -0.3 is 14.4 Å². The fraction of sp³-hybridized carbons (Fsp3) is 0.286. The Morgan fingerprint density at radius 3 is 3.00 bits per heavy atom. The lowest BCUT2D eigenvalue weighted by atomic mass is 10.0. The van der Waals surface area contributed by atoms with Crippen LogP contribution in [0.15, 0.2) is 28.2 Å². The number of carboxylic acids is 1. The van der Waals surface area contributed by atoms with E-state index >= 15 is 0 Å². The molecule has 104 valence electrons. The molecular formula is C14H13NO4S. The third-order valence-corrected chi connectivity index (χ3v) is 4.59. The molecule has 0 aliphatic carbocycles. The number of carbonyl (C=O) groups excluding carboxylic acids is 1. The number of nitrogens with zero attached hydrogens (tertiary/aromatic N) is 1. The molecule has 0 aromatic carbocycles. The van der Waals surface area contributed by atoms with E-state index in [1.54, 1.807) is 16.2 Å². The Morgan fingerprint density at radius 2 is 2.30 bits per heavy atom. The van der Waals surface area contributed by atoms with Gasteiger partial charge in [0.1, 0.15) is 6.26 Å². The summed E-state index contributed by atoms with van der Waals surface area (Å²) in [6.07, 6.45) is 1.93. The first-order chi connectivity index (χ1) is 9.58. The van der Waals surface area contributed by atoms with Crippen LogP contribution in [-0.4, -0.2) is 28.4 Å². The average Bonchev–Trinajstić information content (AvgIpc) is 3.08. The van der Waals surface area contributed by atoms with E-state index in [9.17, 15) is 9.59 Å². The third kappa shape index (κ3) is 2.02. The molecule has 1 atom stereocenters. The van der Waals surface area contributed by atoms with Crippen LogP contribution < -0.4 is 0 Å². The standard InChI is InChI=1S/C14H13NO4S/c1-8-10-3-5-20-12(10)2-4-15(8)13(16)11-6-9(7-19-11)14(17)18/h3,5-8H,2,4H2,1H3,(H,17,18). The maximum atomic E-state index is 12.4. The van der Waals surface area contributed by atoms with Crippen molar-refractivity contribution in [2.75, 3.05) is 6.54 Å². The summed E-state index contributed by atoms with van der Waals surface area (Å²) in [5.74, 6) is -1.28. The molecule has 1 aliphatic heterocycles. The molecule has 0 bridgehead atoms. The number of thiophene rings is 1. The first kappa shape index (κ1) is 12.9. The minimum Gasteiger partial charge on any atom is -0.478 e. The maximum absolute atomic E-state index is 12.4. The number of carbonyl (C=O) groups is 2. The molecule has 1 amide bonds. The predicted octanol–water partition coefficient (Wildman–Crippen LogP) is 2.80. The molecule has 20 heavy (non-hydrogen) atoms. The van der Waals surface area contributed by atoms with Crippen molar-refractivity contribution in [2.24, 2.45) is 0 Å². The second-order valence-corrected chi connectivity index (χ2v) is 5.73. The van der Waals surface area contributed by atoms with E-state index in [4.69, 9.17) is 9.52 Å². The Balaban J connectivity index is 1.86. The summed E-state index contributed by atoms with van der Waals surface area (Å²) in [6.45, 7) is 2.60. The molecule has 1 unspecified atom stereocenters. The summed E-state index contributed by atoms with van der Waals surface area (Å²) in [4.78, 5) is 26.3. The molecule has 0 radical (unpaired) electrons. The minimum atomic E-state index is -1.10. The fourth-order valence-corrected chi connectivity index (χ4v) is 3.45. The van der Waals surface area contributed by atoms with Crippen LogP contribution in [0, 0.1) is 0 Å². The predicted molar refractivity (Wildman–Crippen MR) is 73.1 cm³/mol. The largest absolute Gasteiger partial charge is 0.478 e. The lowest BCUT2D eigenvalue weighted by molar-refractivity contribution is 0.0645. The minimum absolute atomic E-state index is 0.00534. The number of aromatic carboxylic acids is 1. The highest BCUT2D eigenvalue weighted by Crippen LogP contribution is 2.33. The Bertz CT molecular complexity index is 672. The van der Waals surface area contributed by atoms with Crippen molar-refractivity contribution in [3.05, 3.63) is 45.5 Å². The van der Waals surface area contributed by atoms with Gasteiger partial charge in [-0.05, 0) is 30.4 Å². The Labute approximate surface area is 119 Å². The topological polar surface area (TPSA) is 70.8 Å². The van der Waals surface area contributed by atoms with E-state index in [2.05, 4.69) is 0 Å². The Hall–Kier alpha value is -2.08. The van der Waals surface area contributed by atoms with Gasteiger partial charge in [0.05, 0.1) is 11.6 Å². The van der Waals surface area contributed by atoms with Gasteiger partial charge >= 0.3 is 5.97 Å². The summed E-state index contributed by atoms with van der Waals surface area (Å²) >= 11 is 1.71. The van der Waals surface area contributed by atoms with Gasteiger partial charge in [-0.25, -0.2) is 4.79 Å². The number of amides is 1. The molecule has 2 aromatic rings. The van der Waals surface area contributed by atoms with Gasteiger partial charge in [0.2, 0.25) is 0 Å². The lowest BCUT2D eigenvalue weighted by Crippen LogP contribution is -2.38. The average molecular weight is 291 g/mol. The summed E-state index contributed by atoms with van der Waals surface area (Å²) in [5.41, 5.74) is 1.16. The first-order valence-electron chi connectivity index (χ1n) is 6.27. The molecule has 0 fully saturated rings. The van der Waals surface area contributed by atoms with Crippen LogP contribution in [0.25, 0.3) is 0 Å². The molecule has 0 saturated heterocycles. The summed E-state index contributed by atoms with van der Waals surface area (Å²) < 4.78 is 5.09. The van der Waals surface area contributed by atoms with Crippen molar-refractivity contribution < 1.29 is 19.1 Å². The molecule has 1 aliphatic rings. The zero-order valence-electron chi connectivity index (χ0n) is 10.8. The number of furan rings is 1. The Morgan fingerprint density at radius 1 is 1.50 bits per heavy atom. The fourth-order valence-electron chi connectivity index (χ4n) is 2.49. The van der Waals surface area contributed by atoms with Gasteiger partial charge in [-0.15, -0.1) is 11.3 Å². The van der Waals surface area contributed by atoms with E-state index in [1.165, 1.54) is 16.5 Å². The quantitative estimate of drug-likeness (QED) is 0.923. The SMILES string of the molecule is CC1c2ccsc2CCN1C(=O)c1cc(C(=O)O)co1. The van der Waals surface area contributed by atoms with Crippen molar-refractivity contribution in [3.8, 4) is 0 Å². The van der Waals surface area contributed by atoms with Crippen LogP contribution in [0.4, 0.5) is 0 Å². The van der Waals surface area contributed by atoms with Crippen LogP contribution in [0.1, 0.15) is 44.3 Å². The number of hydrogen-bond acceptors (Lipinski definition) is 4. The van der Waals surface area contributed by atoms with E-state index in [0.717, 1.165) is 12.7 Å². The molecule has 2 aromatic heterocycles. The van der Waals surface area contributed by atoms with Crippen LogP contribution in [0.5, 0.6) is 0 Å². The Kier molecular flexibility index (Phi) is 3.10. The van der Waals surface area contributed by atoms with E-state index in [1.807, 2.05) is 18.4 Å². The number of carboxylic acid groups (broad SMARTS) is 1. The van der Waals surface area contributed by atoms with Gasteiger partial charge in [0.15, 0.2) is 5.76 Å². The normalized spacial score (nSPS) is 17.9. The second kappa shape index (κ2) is 4.79. The molecular weight excluding hydrogens is 278 g/mol. The van der Waals surface area contributed by atoms with Gasteiger partial charge in [-0.1, -0.05) is 0 Å². The highest BCUT2D eigenvalue weighted by atomic mass is 32.1. The zero-order chi connectivity index (χ0) is 14.3. The van der Waals surface area contributed by atoms with Gasteiger partial charge in [-0.2, -0.15) is 0 Å². The van der Waals surface area contributed by atoms with E-state index < -0.39 is 5.97 Å². The van der Waals surface area contributed by atoms with Crippen LogP contribution in [0.2, 0.25) is 0 Å².